The van der Waals surface area contributed by atoms with Crippen molar-refractivity contribution >= 4 is 28.5 Å². The van der Waals surface area contributed by atoms with E-state index >= 15 is 0 Å². The van der Waals surface area contributed by atoms with Crippen LogP contribution in [-0.4, -0.2) is 28.0 Å². The van der Waals surface area contributed by atoms with Gasteiger partial charge in [0.15, 0.2) is 0 Å². The highest BCUT2D eigenvalue weighted by Gasteiger charge is 2.32. The molecule has 29 heavy (non-hydrogen) atoms. The van der Waals surface area contributed by atoms with Crippen LogP contribution in [0.1, 0.15) is 49.4 Å². The minimum Gasteiger partial charge on any atom is -0.478 e. The monoisotopic (exact) mass is 388 g/mol. The molecule has 2 aromatic carbocycles. The summed E-state index contributed by atoms with van der Waals surface area (Å²) in [4.78, 5) is 31.8. The van der Waals surface area contributed by atoms with E-state index in [-0.39, 0.29) is 17.5 Å². The number of nitrogens with zero attached hydrogens (tertiary/aromatic N) is 2. The van der Waals surface area contributed by atoms with Gasteiger partial charge in [-0.25, -0.2) is 9.78 Å². The van der Waals surface area contributed by atoms with Crippen LogP contribution in [0.5, 0.6) is 0 Å². The molecule has 3 aromatic rings. The molecule has 5 nitrogen and oxygen atoms in total. The summed E-state index contributed by atoms with van der Waals surface area (Å²) >= 11 is 0. The molecule has 0 saturated heterocycles. The van der Waals surface area contributed by atoms with Crippen LogP contribution in [0, 0.1) is 0 Å². The lowest BCUT2D eigenvalue weighted by Gasteiger charge is -2.35. The summed E-state index contributed by atoms with van der Waals surface area (Å²) in [5.41, 5.74) is 2.52. The predicted octanol–water partition coefficient (Wildman–Crippen LogP) is 5.29. The van der Waals surface area contributed by atoms with Crippen molar-refractivity contribution in [2.75, 3.05) is 4.90 Å². The van der Waals surface area contributed by atoms with Gasteiger partial charge < -0.3 is 10.0 Å². The molecule has 0 bridgehead atoms. The minimum absolute atomic E-state index is 0.00947. The standard InChI is InChI=1S/C24H24N2O3/c1-16(27)26(18-12-6-3-7-13-18)23-21(24(28)29)19-14-8-9-15-20(19)25-22(23)17-10-4-2-5-11-17/h2,4-5,8-11,14-15,18H,3,6-7,12-13H2,1H3,(H,28,29). The SMILES string of the molecule is CC(=O)N(c1c(-c2ccccc2)nc2ccccc2c1C(=O)O)C1CCCCC1. The Morgan fingerprint density at radius 2 is 1.62 bits per heavy atom. The van der Waals surface area contributed by atoms with Crippen molar-refractivity contribution in [1.82, 2.24) is 4.98 Å². The van der Waals surface area contributed by atoms with Crippen LogP contribution in [0.25, 0.3) is 22.2 Å². The average molecular weight is 388 g/mol. The maximum absolute atomic E-state index is 12.8. The van der Waals surface area contributed by atoms with Crippen molar-refractivity contribution in [2.45, 2.75) is 45.1 Å². The second-order valence-corrected chi connectivity index (χ2v) is 7.55. The normalized spacial score (nSPS) is 14.7. The maximum atomic E-state index is 12.8. The average Bonchev–Trinajstić information content (AvgIpc) is 2.74. The van der Waals surface area contributed by atoms with Crippen LogP contribution >= 0.6 is 0 Å². The van der Waals surface area contributed by atoms with Crippen LogP contribution in [0.3, 0.4) is 0 Å². The molecule has 0 unspecified atom stereocenters. The molecule has 5 heteroatoms. The van der Waals surface area contributed by atoms with Gasteiger partial charge in [0.1, 0.15) is 0 Å². The summed E-state index contributed by atoms with van der Waals surface area (Å²) in [6.07, 6.45) is 4.98. The third kappa shape index (κ3) is 3.60. The molecule has 1 saturated carbocycles. The molecule has 4 rings (SSSR count). The molecule has 1 fully saturated rings. The number of rotatable bonds is 4. The van der Waals surface area contributed by atoms with E-state index in [0.29, 0.717) is 22.3 Å². The Bertz CT molecular complexity index is 1060. The highest BCUT2D eigenvalue weighted by atomic mass is 16.4. The number of aromatic carboxylic acids is 1. The first-order valence-electron chi connectivity index (χ1n) is 10.1. The smallest absolute Gasteiger partial charge is 0.338 e. The lowest BCUT2D eigenvalue weighted by Crippen LogP contribution is -2.41. The molecule has 1 aromatic heterocycles. The fourth-order valence-corrected chi connectivity index (χ4v) is 4.39. The lowest BCUT2D eigenvalue weighted by molar-refractivity contribution is -0.117. The second-order valence-electron chi connectivity index (χ2n) is 7.55. The van der Waals surface area contributed by atoms with E-state index in [0.717, 1.165) is 37.7 Å². The molecule has 1 amide bonds. The second kappa shape index (κ2) is 8.03. The third-order valence-electron chi connectivity index (χ3n) is 5.65. The Hall–Kier alpha value is -3.21. The van der Waals surface area contributed by atoms with E-state index in [2.05, 4.69) is 0 Å². The number of benzene rings is 2. The van der Waals surface area contributed by atoms with Crippen molar-refractivity contribution in [1.29, 1.82) is 0 Å². The molecular weight excluding hydrogens is 364 g/mol. The summed E-state index contributed by atoms with van der Waals surface area (Å²) in [5, 5.41) is 10.8. The molecule has 0 radical (unpaired) electrons. The van der Waals surface area contributed by atoms with E-state index in [1.807, 2.05) is 42.5 Å². The number of fused-ring (bicyclic) bond motifs is 1. The number of carbonyl (C=O) groups excluding carboxylic acids is 1. The Morgan fingerprint density at radius 3 is 2.28 bits per heavy atom. The molecule has 1 aliphatic carbocycles. The Morgan fingerprint density at radius 1 is 0.966 bits per heavy atom. The van der Waals surface area contributed by atoms with Gasteiger partial charge >= 0.3 is 5.97 Å². The van der Waals surface area contributed by atoms with E-state index in [1.54, 1.807) is 17.0 Å². The number of anilines is 1. The number of amides is 1. The van der Waals surface area contributed by atoms with Gasteiger partial charge in [0, 0.05) is 23.9 Å². The summed E-state index contributed by atoms with van der Waals surface area (Å²) in [6, 6.07) is 16.7. The zero-order valence-electron chi connectivity index (χ0n) is 16.5. The molecule has 0 spiro atoms. The van der Waals surface area contributed by atoms with Gasteiger partial charge in [0.05, 0.1) is 22.5 Å². The summed E-state index contributed by atoms with van der Waals surface area (Å²) in [6.45, 7) is 1.52. The van der Waals surface area contributed by atoms with Gasteiger partial charge in [0.25, 0.3) is 0 Å². The molecule has 1 aliphatic rings. The summed E-state index contributed by atoms with van der Waals surface area (Å²) in [5.74, 6) is -1.19. The number of carbonyl (C=O) groups is 2. The molecule has 1 heterocycles. The number of carboxylic acid groups (broad SMARTS) is 1. The van der Waals surface area contributed by atoms with Gasteiger partial charge in [-0.1, -0.05) is 67.8 Å². The first-order chi connectivity index (χ1) is 14.1. The van der Waals surface area contributed by atoms with Crippen molar-refractivity contribution in [3.8, 4) is 11.3 Å². The van der Waals surface area contributed by atoms with Crippen LogP contribution in [0.15, 0.2) is 54.6 Å². The van der Waals surface area contributed by atoms with Crippen LogP contribution in [-0.2, 0) is 4.79 Å². The maximum Gasteiger partial charge on any atom is 0.338 e. The summed E-state index contributed by atoms with van der Waals surface area (Å²) < 4.78 is 0. The van der Waals surface area contributed by atoms with E-state index in [1.165, 1.54) is 6.92 Å². The van der Waals surface area contributed by atoms with Gasteiger partial charge in [-0.05, 0) is 18.9 Å². The van der Waals surface area contributed by atoms with Gasteiger partial charge in [-0.15, -0.1) is 0 Å². The van der Waals surface area contributed by atoms with Crippen molar-refractivity contribution in [3.63, 3.8) is 0 Å². The zero-order valence-corrected chi connectivity index (χ0v) is 16.5. The largest absolute Gasteiger partial charge is 0.478 e. The highest BCUT2D eigenvalue weighted by Crippen LogP contribution is 2.40. The number of aromatic nitrogens is 1. The summed E-state index contributed by atoms with van der Waals surface area (Å²) in [7, 11) is 0. The van der Waals surface area contributed by atoms with Crippen molar-refractivity contribution < 1.29 is 14.7 Å². The van der Waals surface area contributed by atoms with E-state index in [9.17, 15) is 14.7 Å². The Kier molecular flexibility index (Phi) is 5.30. The van der Waals surface area contributed by atoms with E-state index < -0.39 is 5.97 Å². The zero-order chi connectivity index (χ0) is 20.4. The molecule has 0 atom stereocenters. The quantitative estimate of drug-likeness (QED) is 0.660. The lowest BCUT2D eigenvalue weighted by atomic mass is 9.91. The molecule has 148 valence electrons. The number of pyridine rings is 1. The number of hydrogen-bond acceptors (Lipinski definition) is 3. The van der Waals surface area contributed by atoms with Crippen molar-refractivity contribution in [2.24, 2.45) is 0 Å². The van der Waals surface area contributed by atoms with Crippen LogP contribution < -0.4 is 4.90 Å². The highest BCUT2D eigenvalue weighted by molar-refractivity contribution is 6.14. The number of para-hydroxylation sites is 1. The first-order valence-corrected chi connectivity index (χ1v) is 10.1. The Balaban J connectivity index is 2.07. The minimum atomic E-state index is -1.04. The topological polar surface area (TPSA) is 70.5 Å². The van der Waals surface area contributed by atoms with Gasteiger partial charge in [0.2, 0.25) is 5.91 Å². The fraction of sp³-hybridized carbons (Fsp3) is 0.292. The van der Waals surface area contributed by atoms with Gasteiger partial charge in [-0.2, -0.15) is 0 Å². The number of carboxylic acids is 1. The Labute approximate surface area is 170 Å². The fourth-order valence-electron chi connectivity index (χ4n) is 4.39. The first kappa shape index (κ1) is 19.1. The van der Waals surface area contributed by atoms with Crippen LogP contribution in [0.4, 0.5) is 5.69 Å². The number of hydrogen-bond donors (Lipinski definition) is 1. The molecular formula is C24H24N2O3. The predicted molar refractivity (Wildman–Crippen MR) is 114 cm³/mol. The van der Waals surface area contributed by atoms with Crippen molar-refractivity contribution in [3.05, 3.63) is 60.2 Å². The van der Waals surface area contributed by atoms with Gasteiger partial charge in [-0.3, -0.25) is 4.79 Å². The third-order valence-corrected chi connectivity index (χ3v) is 5.65. The van der Waals surface area contributed by atoms with Crippen LogP contribution in [0.2, 0.25) is 0 Å². The molecule has 1 N–H and O–H groups in total. The molecule has 0 aliphatic heterocycles. The van der Waals surface area contributed by atoms with E-state index in [4.69, 9.17) is 4.98 Å².